The van der Waals surface area contributed by atoms with Crippen LogP contribution in [-0.4, -0.2) is 58.8 Å². The molecule has 2 aromatic carbocycles. The van der Waals surface area contributed by atoms with E-state index >= 15 is 0 Å². The monoisotopic (exact) mass is 498 g/mol. The first-order valence-corrected chi connectivity index (χ1v) is 11.8. The molecule has 3 aromatic rings. The van der Waals surface area contributed by atoms with Gasteiger partial charge in [0.1, 0.15) is 5.82 Å². The van der Waals surface area contributed by atoms with Crippen molar-refractivity contribution in [1.29, 1.82) is 0 Å². The topological polar surface area (TPSA) is 70.8 Å². The molecule has 1 amide bonds. The molecule has 1 fully saturated rings. The molecule has 32 heavy (non-hydrogen) atoms. The first kappa shape index (κ1) is 21.6. The fraction of sp³-hybridized carbons (Fsp3) is 0.417. The summed E-state index contributed by atoms with van der Waals surface area (Å²) >= 11 is 3.53. The number of unbranched alkanes of at least 4 members (excludes halogenated alkanes) is 1. The number of benzene rings is 2. The Morgan fingerprint density at radius 1 is 1.22 bits per heavy atom. The number of morpholine rings is 1. The number of amides is 1. The Bertz CT molecular complexity index is 1160. The predicted molar refractivity (Wildman–Crippen MR) is 127 cm³/mol. The molecule has 1 saturated heterocycles. The van der Waals surface area contributed by atoms with E-state index in [1.165, 1.54) is 0 Å². The molecule has 1 unspecified atom stereocenters. The number of aryl methyl sites for hydroxylation is 1. The smallest absolute Gasteiger partial charge is 0.265 e. The average molecular weight is 499 g/mol. The third kappa shape index (κ3) is 3.55. The number of fused-ring (bicyclic) bond motifs is 3. The van der Waals surface area contributed by atoms with E-state index in [2.05, 4.69) is 31.5 Å². The summed E-state index contributed by atoms with van der Waals surface area (Å²) in [5.41, 5.74) is 2.79. The van der Waals surface area contributed by atoms with Gasteiger partial charge in [-0.05, 0) is 44.2 Å². The van der Waals surface area contributed by atoms with Crippen molar-refractivity contribution in [2.75, 3.05) is 38.3 Å². The lowest BCUT2D eigenvalue weighted by Crippen LogP contribution is -2.54. The van der Waals surface area contributed by atoms with Crippen molar-refractivity contribution in [3.8, 4) is 0 Å². The van der Waals surface area contributed by atoms with Gasteiger partial charge in [0.05, 0.1) is 29.9 Å². The van der Waals surface area contributed by atoms with Gasteiger partial charge in [0.2, 0.25) is 0 Å². The van der Waals surface area contributed by atoms with Crippen LogP contribution in [0.2, 0.25) is 0 Å². The van der Waals surface area contributed by atoms with Gasteiger partial charge < -0.3 is 24.2 Å². The molecule has 0 radical (unpaired) electrons. The van der Waals surface area contributed by atoms with Crippen LogP contribution in [0.4, 0.5) is 5.69 Å². The molecular weight excluding hydrogens is 472 g/mol. The molecule has 0 bridgehead atoms. The number of imidazole rings is 1. The molecule has 5 rings (SSSR count). The Labute approximate surface area is 195 Å². The minimum atomic E-state index is -0.958. The second kappa shape index (κ2) is 8.59. The average Bonchev–Trinajstić information content (AvgIpc) is 3.22. The Morgan fingerprint density at radius 2 is 2.06 bits per heavy atom. The molecule has 1 aromatic heterocycles. The molecule has 0 saturated carbocycles. The maximum absolute atomic E-state index is 13.8. The molecule has 3 heterocycles. The summed E-state index contributed by atoms with van der Waals surface area (Å²) < 4.78 is 9.34. The van der Waals surface area contributed by atoms with Crippen LogP contribution in [0, 0.1) is 0 Å². The van der Waals surface area contributed by atoms with Crippen LogP contribution in [0.15, 0.2) is 46.9 Å². The highest BCUT2D eigenvalue weighted by molar-refractivity contribution is 9.10. The molecule has 1 atom stereocenters. The largest absolute Gasteiger partial charge is 0.396 e. The number of anilines is 1. The minimum Gasteiger partial charge on any atom is -0.396 e. The Hall–Kier alpha value is -2.26. The number of para-hydroxylation sites is 1. The normalized spacial score (nSPS) is 21.1. The molecule has 2 aliphatic heterocycles. The predicted octanol–water partition coefficient (Wildman–Crippen LogP) is 3.28. The number of rotatable bonds is 6. The number of carbonyl (C=O) groups is 1. The Morgan fingerprint density at radius 3 is 2.88 bits per heavy atom. The summed E-state index contributed by atoms with van der Waals surface area (Å²) in [5, 5.41) is 9.25. The van der Waals surface area contributed by atoms with E-state index < -0.39 is 5.60 Å². The highest BCUT2D eigenvalue weighted by atomic mass is 79.9. The van der Waals surface area contributed by atoms with Crippen LogP contribution >= 0.6 is 15.9 Å². The second-order valence-electron chi connectivity index (χ2n) is 8.57. The number of hydrogen-bond donors (Lipinski definition) is 1. The lowest BCUT2D eigenvalue weighted by molar-refractivity contribution is -0.155. The Kier molecular flexibility index (Phi) is 5.79. The van der Waals surface area contributed by atoms with Gasteiger partial charge in [-0.2, -0.15) is 0 Å². The highest BCUT2D eigenvalue weighted by Crippen LogP contribution is 2.45. The van der Waals surface area contributed by atoms with Crippen molar-refractivity contribution >= 4 is 38.6 Å². The van der Waals surface area contributed by atoms with Crippen LogP contribution in [0.3, 0.4) is 0 Å². The fourth-order valence-corrected chi connectivity index (χ4v) is 5.22. The number of halogens is 1. The van der Waals surface area contributed by atoms with Crippen molar-refractivity contribution in [1.82, 2.24) is 14.5 Å². The van der Waals surface area contributed by atoms with Crippen molar-refractivity contribution in [3.63, 3.8) is 0 Å². The maximum atomic E-state index is 13.8. The first-order chi connectivity index (χ1) is 15.5. The molecule has 8 heteroatoms. The minimum absolute atomic E-state index is 0.0274. The number of hydrogen-bond acceptors (Lipinski definition) is 5. The molecule has 1 N–H and O–H groups in total. The zero-order valence-electron chi connectivity index (χ0n) is 18.1. The van der Waals surface area contributed by atoms with Crippen LogP contribution in [0.1, 0.15) is 24.2 Å². The van der Waals surface area contributed by atoms with E-state index in [0.717, 1.165) is 58.5 Å². The molecule has 0 aliphatic carbocycles. The first-order valence-electron chi connectivity index (χ1n) is 11.0. The van der Waals surface area contributed by atoms with Crippen molar-refractivity contribution < 1.29 is 14.6 Å². The van der Waals surface area contributed by atoms with Crippen molar-refractivity contribution in [2.45, 2.75) is 31.5 Å². The van der Waals surface area contributed by atoms with E-state index in [1.54, 1.807) is 0 Å². The van der Waals surface area contributed by atoms with Gasteiger partial charge in [-0.25, -0.2) is 4.98 Å². The molecular formula is C24H27BrN4O3. The van der Waals surface area contributed by atoms with E-state index in [-0.39, 0.29) is 12.5 Å². The lowest BCUT2D eigenvalue weighted by Gasteiger charge is -2.37. The SMILES string of the molecule is CN1CCOC2(C1)C(=O)N(Cc1nc3cc(Br)ccc3n1CCCCO)c1ccccc12. The van der Waals surface area contributed by atoms with Crippen LogP contribution in [-0.2, 0) is 28.2 Å². The number of ether oxygens (including phenoxy) is 1. The van der Waals surface area contributed by atoms with Gasteiger partial charge in [0, 0.05) is 36.3 Å². The summed E-state index contributed by atoms with van der Waals surface area (Å²) in [4.78, 5) is 22.7. The van der Waals surface area contributed by atoms with Gasteiger partial charge in [0.25, 0.3) is 5.91 Å². The van der Waals surface area contributed by atoms with Gasteiger partial charge in [0.15, 0.2) is 5.60 Å². The van der Waals surface area contributed by atoms with Crippen molar-refractivity contribution in [3.05, 3.63) is 58.3 Å². The lowest BCUT2D eigenvalue weighted by atomic mass is 9.93. The number of aromatic nitrogens is 2. The number of aliphatic hydroxyl groups excluding tert-OH is 1. The van der Waals surface area contributed by atoms with Gasteiger partial charge in [-0.3, -0.25) is 4.79 Å². The van der Waals surface area contributed by atoms with Crippen LogP contribution < -0.4 is 4.90 Å². The quantitative estimate of drug-likeness (QED) is 0.528. The van der Waals surface area contributed by atoms with Gasteiger partial charge in [-0.15, -0.1) is 0 Å². The standard InChI is InChI=1S/C24H27BrN4O3/c1-27-11-13-32-24(16-27)18-6-2-3-7-20(18)29(23(24)31)15-22-26-19-14-17(25)8-9-21(19)28(22)10-4-5-12-30/h2-3,6-9,14,30H,4-5,10-13,15-16H2,1H3. The fourth-order valence-electron chi connectivity index (χ4n) is 4.87. The molecule has 168 valence electrons. The number of likely N-dealkylation sites (N-methyl/N-ethyl adjacent to an activating group) is 1. The van der Waals surface area contributed by atoms with E-state index in [0.29, 0.717) is 19.7 Å². The number of carbonyl (C=O) groups excluding carboxylic acids is 1. The third-order valence-electron chi connectivity index (χ3n) is 6.41. The van der Waals surface area contributed by atoms with E-state index in [1.807, 2.05) is 48.3 Å². The summed E-state index contributed by atoms with van der Waals surface area (Å²) in [6.45, 7) is 3.15. The summed E-state index contributed by atoms with van der Waals surface area (Å²) in [6, 6.07) is 14.0. The van der Waals surface area contributed by atoms with Crippen molar-refractivity contribution in [2.24, 2.45) is 0 Å². The number of aliphatic hydroxyl groups is 1. The van der Waals surface area contributed by atoms with Gasteiger partial charge in [-0.1, -0.05) is 34.1 Å². The second-order valence-corrected chi connectivity index (χ2v) is 9.48. The Balaban J connectivity index is 1.55. The molecule has 7 nitrogen and oxygen atoms in total. The summed E-state index contributed by atoms with van der Waals surface area (Å²) in [7, 11) is 2.03. The zero-order valence-corrected chi connectivity index (χ0v) is 19.7. The molecule has 2 aliphatic rings. The number of nitrogens with zero attached hydrogens (tertiary/aromatic N) is 4. The molecule has 1 spiro atoms. The summed E-state index contributed by atoms with van der Waals surface area (Å²) in [6.07, 6.45) is 1.57. The van der Waals surface area contributed by atoms with Gasteiger partial charge >= 0.3 is 0 Å². The van der Waals surface area contributed by atoms with E-state index in [4.69, 9.17) is 9.72 Å². The highest BCUT2D eigenvalue weighted by Gasteiger charge is 2.54. The zero-order chi connectivity index (χ0) is 22.3. The van der Waals surface area contributed by atoms with Crippen LogP contribution in [0.25, 0.3) is 11.0 Å². The van der Waals surface area contributed by atoms with E-state index in [9.17, 15) is 9.90 Å². The third-order valence-corrected chi connectivity index (χ3v) is 6.91. The maximum Gasteiger partial charge on any atom is 0.265 e. The van der Waals surface area contributed by atoms with Crippen LogP contribution in [0.5, 0.6) is 0 Å². The summed E-state index contributed by atoms with van der Waals surface area (Å²) in [5.74, 6) is 0.806.